The Morgan fingerprint density at radius 3 is 2.86 bits per heavy atom. The van der Waals surface area contributed by atoms with E-state index in [4.69, 9.17) is 33.2 Å². The molecule has 3 rings (SSSR count). The molecule has 0 radical (unpaired) electrons. The number of carbonyl (C=O) groups excluding carboxylic acids is 1. The Balaban J connectivity index is 1.52. The maximum absolute atomic E-state index is 12.7. The molecule has 2 heterocycles. The zero-order valence-corrected chi connectivity index (χ0v) is 16.9. The molecule has 29 heavy (non-hydrogen) atoms. The van der Waals surface area contributed by atoms with Crippen LogP contribution in [-0.2, 0) is 4.79 Å². The zero-order chi connectivity index (χ0) is 20.8. The minimum Gasteiger partial charge on any atom is -0.472 e. The van der Waals surface area contributed by atoms with Gasteiger partial charge in [0, 0.05) is 19.1 Å². The molecule has 1 atom stereocenters. The average Bonchev–Trinajstić information content (AvgIpc) is 3.22. The van der Waals surface area contributed by atoms with E-state index in [1.165, 1.54) is 17.4 Å². The molecule has 1 amide bonds. The van der Waals surface area contributed by atoms with Crippen molar-refractivity contribution in [2.45, 2.75) is 25.3 Å². The van der Waals surface area contributed by atoms with E-state index in [2.05, 4.69) is 21.6 Å². The minimum absolute atomic E-state index is 0.140. The van der Waals surface area contributed by atoms with Gasteiger partial charge in [0.1, 0.15) is 12.7 Å². The molecule has 1 aliphatic rings. The van der Waals surface area contributed by atoms with Crippen molar-refractivity contribution in [3.05, 3.63) is 64.0 Å². The van der Waals surface area contributed by atoms with Crippen LogP contribution in [0.5, 0.6) is 5.88 Å². The van der Waals surface area contributed by atoms with Crippen LogP contribution in [-0.4, -0.2) is 33.7 Å². The molecule has 1 aliphatic heterocycles. The Morgan fingerprint density at radius 1 is 1.31 bits per heavy atom. The Labute approximate surface area is 178 Å². The van der Waals surface area contributed by atoms with Crippen LogP contribution in [0.1, 0.15) is 36.6 Å². The Hall–Kier alpha value is -2.95. The molecule has 1 aromatic heterocycles. The molecule has 148 valence electrons. The van der Waals surface area contributed by atoms with Gasteiger partial charge in [0.15, 0.2) is 5.69 Å². The number of ether oxygens (including phenoxy) is 1. The first-order valence-electron chi connectivity index (χ1n) is 8.79. The SMILES string of the molecule is C=C(CCC(=O)N1N=CCC1c1cccc(Cl)c1Cl)COc1cnc(C#N)cn1. The molecule has 0 spiro atoms. The minimum atomic E-state index is -0.271. The number of amides is 1. The molecule has 0 N–H and O–H groups in total. The van der Waals surface area contributed by atoms with Gasteiger partial charge in [-0.3, -0.25) is 4.79 Å². The summed E-state index contributed by atoms with van der Waals surface area (Å²) >= 11 is 12.4. The number of hydrogen-bond donors (Lipinski definition) is 0. The number of aromatic nitrogens is 2. The van der Waals surface area contributed by atoms with E-state index in [0.29, 0.717) is 22.9 Å². The van der Waals surface area contributed by atoms with Gasteiger partial charge in [0.05, 0.1) is 28.5 Å². The van der Waals surface area contributed by atoms with Gasteiger partial charge in [-0.1, -0.05) is 41.9 Å². The van der Waals surface area contributed by atoms with Crippen molar-refractivity contribution in [1.29, 1.82) is 5.26 Å². The normalized spacial score (nSPS) is 15.2. The van der Waals surface area contributed by atoms with Crippen molar-refractivity contribution >= 4 is 35.3 Å². The first-order valence-corrected chi connectivity index (χ1v) is 9.55. The molecule has 0 bridgehead atoms. The number of benzene rings is 1. The lowest BCUT2D eigenvalue weighted by Crippen LogP contribution is -2.27. The molecule has 1 aromatic carbocycles. The fourth-order valence-corrected chi connectivity index (χ4v) is 3.22. The van der Waals surface area contributed by atoms with E-state index in [1.54, 1.807) is 18.3 Å². The predicted octanol–water partition coefficient (Wildman–Crippen LogP) is 4.33. The lowest BCUT2D eigenvalue weighted by Gasteiger charge is -2.23. The molecule has 0 saturated heterocycles. The second-order valence-electron chi connectivity index (χ2n) is 6.32. The number of rotatable bonds is 7. The summed E-state index contributed by atoms with van der Waals surface area (Å²) in [6.45, 7) is 4.13. The quantitative estimate of drug-likeness (QED) is 0.610. The van der Waals surface area contributed by atoms with E-state index < -0.39 is 0 Å². The van der Waals surface area contributed by atoms with Crippen LogP contribution in [0.4, 0.5) is 0 Å². The van der Waals surface area contributed by atoms with Crippen molar-refractivity contribution in [2.24, 2.45) is 5.10 Å². The molecular formula is C20H17Cl2N5O2. The third-order valence-electron chi connectivity index (χ3n) is 4.29. The fraction of sp³-hybridized carbons (Fsp3) is 0.250. The summed E-state index contributed by atoms with van der Waals surface area (Å²) in [5, 5.41) is 15.2. The van der Waals surface area contributed by atoms with Crippen LogP contribution in [0.2, 0.25) is 10.0 Å². The van der Waals surface area contributed by atoms with Gasteiger partial charge in [-0.05, 0) is 23.6 Å². The third kappa shape index (κ3) is 5.11. The summed E-state index contributed by atoms with van der Waals surface area (Å²) in [4.78, 5) is 20.5. The molecule has 0 aliphatic carbocycles. The summed E-state index contributed by atoms with van der Waals surface area (Å²) in [6.07, 6.45) is 5.63. The van der Waals surface area contributed by atoms with Crippen molar-refractivity contribution in [3.8, 4) is 11.9 Å². The van der Waals surface area contributed by atoms with Crippen molar-refractivity contribution < 1.29 is 9.53 Å². The maximum atomic E-state index is 12.7. The summed E-state index contributed by atoms with van der Waals surface area (Å²) in [7, 11) is 0. The smallest absolute Gasteiger partial charge is 0.243 e. The van der Waals surface area contributed by atoms with Gasteiger partial charge in [-0.25, -0.2) is 15.0 Å². The van der Waals surface area contributed by atoms with Crippen LogP contribution in [0.3, 0.4) is 0 Å². The molecule has 0 saturated carbocycles. The zero-order valence-electron chi connectivity index (χ0n) is 15.4. The lowest BCUT2D eigenvalue weighted by molar-refractivity contribution is -0.133. The van der Waals surface area contributed by atoms with E-state index in [0.717, 1.165) is 11.1 Å². The van der Waals surface area contributed by atoms with Gasteiger partial charge < -0.3 is 4.74 Å². The van der Waals surface area contributed by atoms with Crippen LogP contribution in [0, 0.1) is 11.3 Å². The highest BCUT2D eigenvalue weighted by Gasteiger charge is 2.29. The topological polar surface area (TPSA) is 91.5 Å². The van der Waals surface area contributed by atoms with E-state index >= 15 is 0 Å². The Bertz CT molecular complexity index is 985. The standard InChI is InChI=1S/C20H17Cl2N5O2/c1-13(12-29-18-11-24-14(9-23)10-25-18)5-6-19(28)27-17(7-8-26-27)15-3-2-4-16(21)20(15)22/h2-4,8,10-11,17H,1,5-7,12H2. The second kappa shape index (κ2) is 9.50. The average molecular weight is 430 g/mol. The first-order chi connectivity index (χ1) is 14.0. The van der Waals surface area contributed by atoms with Gasteiger partial charge in [-0.15, -0.1) is 0 Å². The predicted molar refractivity (Wildman–Crippen MR) is 110 cm³/mol. The van der Waals surface area contributed by atoms with Crippen molar-refractivity contribution in [1.82, 2.24) is 15.0 Å². The Kier molecular flexibility index (Phi) is 6.81. The fourth-order valence-electron chi connectivity index (χ4n) is 2.78. The van der Waals surface area contributed by atoms with Crippen molar-refractivity contribution in [3.63, 3.8) is 0 Å². The highest BCUT2D eigenvalue weighted by Crippen LogP contribution is 2.36. The summed E-state index contributed by atoms with van der Waals surface area (Å²) in [5.41, 5.74) is 1.71. The number of nitriles is 1. The molecule has 7 nitrogen and oxygen atoms in total. The largest absolute Gasteiger partial charge is 0.472 e. The molecule has 9 heteroatoms. The number of hydrogen-bond acceptors (Lipinski definition) is 6. The van der Waals surface area contributed by atoms with Gasteiger partial charge in [0.2, 0.25) is 11.8 Å². The maximum Gasteiger partial charge on any atom is 0.243 e. The van der Waals surface area contributed by atoms with E-state index in [1.807, 2.05) is 12.1 Å². The van der Waals surface area contributed by atoms with Crippen LogP contribution >= 0.6 is 23.2 Å². The molecule has 1 unspecified atom stereocenters. The summed E-state index contributed by atoms with van der Waals surface area (Å²) in [6, 6.07) is 6.97. The van der Waals surface area contributed by atoms with Crippen LogP contribution < -0.4 is 4.74 Å². The molecule has 2 aromatic rings. The first kappa shape index (κ1) is 20.8. The Morgan fingerprint density at radius 2 is 2.14 bits per heavy atom. The molecular weight excluding hydrogens is 413 g/mol. The lowest BCUT2D eigenvalue weighted by atomic mass is 10.0. The van der Waals surface area contributed by atoms with Gasteiger partial charge >= 0.3 is 0 Å². The number of hydrazone groups is 1. The monoisotopic (exact) mass is 429 g/mol. The molecule has 0 fully saturated rings. The van der Waals surface area contributed by atoms with Crippen LogP contribution in [0.25, 0.3) is 0 Å². The van der Waals surface area contributed by atoms with Gasteiger partial charge in [0.25, 0.3) is 0 Å². The summed E-state index contributed by atoms with van der Waals surface area (Å²) < 4.78 is 5.48. The number of nitrogens with zero attached hydrogens (tertiary/aromatic N) is 5. The highest BCUT2D eigenvalue weighted by atomic mass is 35.5. The number of carbonyl (C=O) groups is 1. The van der Waals surface area contributed by atoms with E-state index in [9.17, 15) is 4.79 Å². The highest BCUT2D eigenvalue weighted by molar-refractivity contribution is 6.42. The van der Waals surface area contributed by atoms with E-state index in [-0.39, 0.29) is 36.6 Å². The summed E-state index contributed by atoms with van der Waals surface area (Å²) in [5.74, 6) is 0.149. The second-order valence-corrected chi connectivity index (χ2v) is 7.11. The number of halogens is 2. The third-order valence-corrected chi connectivity index (χ3v) is 5.12. The van der Waals surface area contributed by atoms with Crippen LogP contribution in [0.15, 0.2) is 47.8 Å². The van der Waals surface area contributed by atoms with Gasteiger partial charge in [-0.2, -0.15) is 10.4 Å². The van der Waals surface area contributed by atoms with Crippen molar-refractivity contribution in [2.75, 3.05) is 6.61 Å².